The first-order chi connectivity index (χ1) is 13.9. The molecule has 1 heterocycles. The molecule has 0 aliphatic carbocycles. The molecule has 150 valence electrons. The number of aromatic nitrogens is 2. The molecule has 1 unspecified atom stereocenters. The summed E-state index contributed by atoms with van der Waals surface area (Å²) >= 11 is 0. The highest BCUT2D eigenvalue weighted by molar-refractivity contribution is 5.93. The van der Waals surface area contributed by atoms with Crippen molar-refractivity contribution < 1.29 is 18.7 Å². The molecule has 1 aromatic heterocycles. The molecule has 7 nitrogen and oxygen atoms in total. The van der Waals surface area contributed by atoms with Gasteiger partial charge in [-0.05, 0) is 37.3 Å². The van der Waals surface area contributed by atoms with E-state index in [1.807, 2.05) is 0 Å². The summed E-state index contributed by atoms with van der Waals surface area (Å²) in [5, 5.41) is 7.01. The molecule has 2 aromatic carbocycles. The maximum atomic E-state index is 13.1. The zero-order valence-electron chi connectivity index (χ0n) is 16.2. The van der Waals surface area contributed by atoms with Crippen LogP contribution in [0.3, 0.4) is 0 Å². The molecule has 8 heteroatoms. The van der Waals surface area contributed by atoms with E-state index in [1.165, 1.54) is 38.5 Å². The van der Waals surface area contributed by atoms with Crippen molar-refractivity contribution in [3.63, 3.8) is 0 Å². The number of nitrogens with zero attached hydrogens (tertiary/aromatic N) is 2. The van der Waals surface area contributed by atoms with Gasteiger partial charge < -0.3 is 14.8 Å². The van der Waals surface area contributed by atoms with E-state index in [0.29, 0.717) is 28.4 Å². The van der Waals surface area contributed by atoms with Crippen molar-refractivity contribution in [2.24, 2.45) is 0 Å². The summed E-state index contributed by atoms with van der Waals surface area (Å²) in [6, 6.07) is 12.6. The Bertz CT molecular complexity index is 1060. The van der Waals surface area contributed by atoms with Crippen LogP contribution in [-0.4, -0.2) is 29.9 Å². The third-order valence-electron chi connectivity index (χ3n) is 4.33. The number of carbonyl (C=O) groups excluding carboxylic acids is 1. The molecule has 3 aromatic rings. The Morgan fingerprint density at radius 3 is 2.24 bits per heavy atom. The smallest absolute Gasteiger partial charge is 0.267 e. The lowest BCUT2D eigenvalue weighted by Gasteiger charge is -2.16. The zero-order chi connectivity index (χ0) is 21.0. The minimum absolute atomic E-state index is 0.372. The Morgan fingerprint density at radius 2 is 1.66 bits per heavy atom. The number of amides is 1. The second kappa shape index (κ2) is 8.55. The fourth-order valence-electron chi connectivity index (χ4n) is 2.71. The van der Waals surface area contributed by atoms with Crippen LogP contribution in [0, 0.1) is 5.82 Å². The average Bonchev–Trinajstić information content (AvgIpc) is 2.73. The predicted octanol–water partition coefficient (Wildman–Crippen LogP) is 3.27. The Balaban J connectivity index is 1.87. The largest absolute Gasteiger partial charge is 0.497 e. The molecule has 1 amide bonds. The van der Waals surface area contributed by atoms with E-state index in [2.05, 4.69) is 10.4 Å². The van der Waals surface area contributed by atoms with Gasteiger partial charge in [0.15, 0.2) is 0 Å². The average molecular weight is 397 g/mol. The van der Waals surface area contributed by atoms with Crippen LogP contribution in [0.2, 0.25) is 0 Å². The third-order valence-corrected chi connectivity index (χ3v) is 4.33. The number of halogens is 1. The number of rotatable bonds is 6. The van der Waals surface area contributed by atoms with Crippen LogP contribution in [0.4, 0.5) is 10.1 Å². The lowest BCUT2D eigenvalue weighted by atomic mass is 10.1. The van der Waals surface area contributed by atoms with Crippen LogP contribution in [0.1, 0.15) is 13.0 Å². The first-order valence-electron chi connectivity index (χ1n) is 8.81. The van der Waals surface area contributed by atoms with Gasteiger partial charge in [-0.2, -0.15) is 5.10 Å². The highest BCUT2D eigenvalue weighted by atomic mass is 19.1. The number of carbonyl (C=O) groups is 1. The van der Waals surface area contributed by atoms with E-state index in [1.54, 1.807) is 37.3 Å². The van der Waals surface area contributed by atoms with Crippen LogP contribution < -0.4 is 20.3 Å². The summed E-state index contributed by atoms with van der Waals surface area (Å²) in [5.74, 6) is 0.219. The summed E-state index contributed by atoms with van der Waals surface area (Å²) in [6.45, 7) is 1.57. The van der Waals surface area contributed by atoms with Crippen LogP contribution in [0.15, 0.2) is 59.4 Å². The second-order valence-electron chi connectivity index (χ2n) is 6.27. The van der Waals surface area contributed by atoms with Gasteiger partial charge in [-0.25, -0.2) is 9.07 Å². The Labute approximate surface area is 166 Å². The molecule has 0 fully saturated rings. The van der Waals surface area contributed by atoms with Crippen molar-refractivity contribution in [1.82, 2.24) is 9.78 Å². The van der Waals surface area contributed by atoms with Crippen LogP contribution in [-0.2, 0) is 4.79 Å². The summed E-state index contributed by atoms with van der Waals surface area (Å²) in [4.78, 5) is 25.0. The van der Waals surface area contributed by atoms with Gasteiger partial charge >= 0.3 is 0 Å². The SMILES string of the molecule is COc1cc(NC(=O)C(C)n2nc(-c3ccc(F)cc3)ccc2=O)cc(OC)c1. The number of benzene rings is 2. The first-order valence-corrected chi connectivity index (χ1v) is 8.81. The van der Waals surface area contributed by atoms with Gasteiger partial charge in [-0.3, -0.25) is 9.59 Å². The molecule has 0 radical (unpaired) electrons. The van der Waals surface area contributed by atoms with Crippen molar-refractivity contribution >= 4 is 11.6 Å². The molecule has 0 spiro atoms. The molecule has 3 rings (SSSR count). The maximum Gasteiger partial charge on any atom is 0.267 e. The number of anilines is 1. The fraction of sp³-hybridized carbons (Fsp3) is 0.190. The summed E-state index contributed by atoms with van der Waals surface area (Å²) in [5.41, 5.74) is 1.11. The van der Waals surface area contributed by atoms with Crippen LogP contribution in [0.5, 0.6) is 11.5 Å². The molecular formula is C21H20FN3O4. The molecule has 1 N–H and O–H groups in total. The van der Waals surface area contributed by atoms with Gasteiger partial charge in [0.05, 0.1) is 19.9 Å². The lowest BCUT2D eigenvalue weighted by molar-refractivity contribution is -0.119. The molecular weight excluding hydrogens is 377 g/mol. The predicted molar refractivity (Wildman–Crippen MR) is 107 cm³/mol. The number of methoxy groups -OCH3 is 2. The van der Waals surface area contributed by atoms with E-state index in [4.69, 9.17) is 9.47 Å². The van der Waals surface area contributed by atoms with Crippen molar-refractivity contribution in [3.8, 4) is 22.8 Å². The molecule has 0 saturated carbocycles. The highest BCUT2D eigenvalue weighted by Gasteiger charge is 2.19. The molecule has 0 aliphatic rings. The Morgan fingerprint density at radius 1 is 1.03 bits per heavy atom. The van der Waals surface area contributed by atoms with E-state index in [-0.39, 0.29) is 5.82 Å². The van der Waals surface area contributed by atoms with Gasteiger partial charge in [0.25, 0.3) is 5.56 Å². The monoisotopic (exact) mass is 397 g/mol. The van der Waals surface area contributed by atoms with E-state index in [9.17, 15) is 14.0 Å². The van der Waals surface area contributed by atoms with Gasteiger partial charge in [0, 0.05) is 35.5 Å². The molecule has 0 aliphatic heterocycles. The normalized spacial score (nSPS) is 11.6. The Kier molecular flexibility index (Phi) is 5.92. The standard InChI is InChI=1S/C21H20FN3O4/c1-13(21(27)23-16-10-17(28-2)12-18(11-16)29-3)25-20(26)9-8-19(24-25)14-4-6-15(22)7-5-14/h4-13H,1-3H3,(H,23,27). The first kappa shape index (κ1) is 20.1. The van der Waals surface area contributed by atoms with Crippen molar-refractivity contribution in [2.45, 2.75) is 13.0 Å². The summed E-state index contributed by atoms with van der Waals surface area (Å²) in [6.07, 6.45) is 0. The topological polar surface area (TPSA) is 82.5 Å². The second-order valence-corrected chi connectivity index (χ2v) is 6.27. The fourth-order valence-corrected chi connectivity index (χ4v) is 2.71. The molecule has 0 saturated heterocycles. The van der Waals surface area contributed by atoms with E-state index < -0.39 is 17.5 Å². The summed E-state index contributed by atoms with van der Waals surface area (Å²) in [7, 11) is 3.01. The minimum atomic E-state index is -0.889. The number of hydrogen-bond donors (Lipinski definition) is 1. The molecule has 1 atom stereocenters. The number of nitrogens with one attached hydrogen (secondary N) is 1. The van der Waals surface area contributed by atoms with Gasteiger partial charge in [0.1, 0.15) is 23.4 Å². The van der Waals surface area contributed by atoms with Gasteiger partial charge in [0.2, 0.25) is 5.91 Å². The molecule has 29 heavy (non-hydrogen) atoms. The van der Waals surface area contributed by atoms with Crippen LogP contribution in [0.25, 0.3) is 11.3 Å². The van der Waals surface area contributed by atoms with Crippen molar-refractivity contribution in [2.75, 3.05) is 19.5 Å². The van der Waals surface area contributed by atoms with Crippen molar-refractivity contribution in [1.29, 1.82) is 0 Å². The molecule has 0 bridgehead atoms. The lowest BCUT2D eigenvalue weighted by Crippen LogP contribution is -2.33. The minimum Gasteiger partial charge on any atom is -0.497 e. The number of ether oxygens (including phenoxy) is 2. The third kappa shape index (κ3) is 4.60. The van der Waals surface area contributed by atoms with E-state index >= 15 is 0 Å². The maximum absolute atomic E-state index is 13.1. The Hall–Kier alpha value is -3.68. The van der Waals surface area contributed by atoms with Crippen LogP contribution >= 0.6 is 0 Å². The highest BCUT2D eigenvalue weighted by Crippen LogP contribution is 2.26. The summed E-state index contributed by atoms with van der Waals surface area (Å²) < 4.78 is 24.6. The zero-order valence-corrected chi connectivity index (χ0v) is 16.2. The quantitative estimate of drug-likeness (QED) is 0.690. The van der Waals surface area contributed by atoms with E-state index in [0.717, 1.165) is 4.68 Å². The van der Waals surface area contributed by atoms with Gasteiger partial charge in [-0.15, -0.1) is 0 Å². The number of hydrogen-bond acceptors (Lipinski definition) is 5. The van der Waals surface area contributed by atoms with Crippen molar-refractivity contribution in [3.05, 3.63) is 70.8 Å². The van der Waals surface area contributed by atoms with Gasteiger partial charge in [-0.1, -0.05) is 0 Å².